The third kappa shape index (κ3) is 1.98. The lowest BCUT2D eigenvalue weighted by Gasteiger charge is -2.16. The quantitative estimate of drug-likeness (QED) is 0.773. The molecule has 0 amide bonds. The third-order valence-electron chi connectivity index (χ3n) is 3.60. The van der Waals surface area contributed by atoms with E-state index in [0.717, 1.165) is 11.0 Å². The normalized spacial score (nSPS) is 13.0. The summed E-state index contributed by atoms with van der Waals surface area (Å²) in [5.74, 6) is 0.144. The van der Waals surface area contributed by atoms with Crippen molar-refractivity contribution in [3.8, 4) is 0 Å². The van der Waals surface area contributed by atoms with Crippen LogP contribution in [0.1, 0.15) is 28.3 Å². The Morgan fingerprint density at radius 2 is 2.05 bits per heavy atom. The van der Waals surface area contributed by atoms with Crippen LogP contribution in [-0.4, -0.2) is 9.55 Å². The lowest BCUT2D eigenvalue weighted by atomic mass is 10.1. The van der Waals surface area contributed by atoms with Gasteiger partial charge >= 0.3 is 0 Å². The van der Waals surface area contributed by atoms with Gasteiger partial charge in [-0.3, -0.25) is 0 Å². The minimum absolute atomic E-state index is 0.0340. The molecular formula is C15H16FN3S. The van der Waals surface area contributed by atoms with Gasteiger partial charge in [0.1, 0.15) is 5.82 Å². The van der Waals surface area contributed by atoms with E-state index < -0.39 is 0 Å². The highest BCUT2D eigenvalue weighted by Gasteiger charge is 2.18. The first-order chi connectivity index (χ1) is 9.47. The fourth-order valence-corrected chi connectivity index (χ4v) is 3.71. The Morgan fingerprint density at radius 1 is 1.30 bits per heavy atom. The average molecular weight is 289 g/mol. The summed E-state index contributed by atoms with van der Waals surface area (Å²) in [6, 6.07) is 6.75. The SMILES string of the molecule is Cc1cc(C(C)n2c(N)nc3ccc(F)cc32)c(C)s1. The van der Waals surface area contributed by atoms with Gasteiger partial charge in [-0.05, 0) is 50.6 Å². The van der Waals surface area contributed by atoms with E-state index in [1.165, 1.54) is 27.5 Å². The molecule has 0 saturated carbocycles. The van der Waals surface area contributed by atoms with Crippen LogP contribution in [0.15, 0.2) is 24.3 Å². The van der Waals surface area contributed by atoms with Crippen LogP contribution in [0.25, 0.3) is 11.0 Å². The molecule has 20 heavy (non-hydrogen) atoms. The Hall–Kier alpha value is -1.88. The number of benzene rings is 1. The summed E-state index contributed by atoms with van der Waals surface area (Å²) in [6.45, 7) is 6.25. The van der Waals surface area contributed by atoms with E-state index in [0.29, 0.717) is 5.95 Å². The standard InChI is InChI=1S/C15H16FN3S/c1-8-6-12(10(3)20-8)9(2)19-14-7-11(16)4-5-13(14)18-15(19)17/h4-7,9H,1-3H3,(H2,17,18). The second-order valence-electron chi connectivity index (χ2n) is 5.02. The minimum atomic E-state index is -0.274. The van der Waals surface area contributed by atoms with E-state index in [1.54, 1.807) is 17.4 Å². The van der Waals surface area contributed by atoms with Crippen molar-refractivity contribution in [1.82, 2.24) is 9.55 Å². The molecule has 3 aromatic rings. The van der Waals surface area contributed by atoms with Gasteiger partial charge in [0.2, 0.25) is 5.95 Å². The molecule has 0 aliphatic rings. The summed E-state index contributed by atoms with van der Waals surface area (Å²) in [4.78, 5) is 6.83. The molecule has 0 bridgehead atoms. The van der Waals surface area contributed by atoms with Crippen LogP contribution in [0, 0.1) is 19.7 Å². The predicted molar refractivity (Wildman–Crippen MR) is 81.7 cm³/mol. The lowest BCUT2D eigenvalue weighted by Crippen LogP contribution is -2.10. The largest absolute Gasteiger partial charge is 0.369 e. The number of thiophene rings is 1. The number of halogens is 1. The number of nitrogens with two attached hydrogens (primary N) is 1. The molecular weight excluding hydrogens is 273 g/mol. The van der Waals surface area contributed by atoms with Crippen LogP contribution in [0.3, 0.4) is 0 Å². The Balaban J connectivity index is 2.20. The van der Waals surface area contributed by atoms with Gasteiger partial charge in [0.05, 0.1) is 17.1 Å². The molecule has 2 N–H and O–H groups in total. The van der Waals surface area contributed by atoms with Crippen molar-refractivity contribution in [1.29, 1.82) is 0 Å². The molecule has 0 saturated heterocycles. The van der Waals surface area contributed by atoms with Gasteiger partial charge < -0.3 is 10.3 Å². The van der Waals surface area contributed by atoms with Crippen LogP contribution in [0.4, 0.5) is 10.3 Å². The maximum absolute atomic E-state index is 13.5. The number of aromatic nitrogens is 2. The van der Waals surface area contributed by atoms with Gasteiger partial charge in [-0.2, -0.15) is 0 Å². The van der Waals surface area contributed by atoms with Crippen molar-refractivity contribution < 1.29 is 4.39 Å². The second-order valence-corrected chi connectivity index (χ2v) is 6.48. The first-order valence-corrected chi connectivity index (χ1v) is 7.29. The van der Waals surface area contributed by atoms with Gasteiger partial charge in [-0.15, -0.1) is 11.3 Å². The van der Waals surface area contributed by atoms with Crippen molar-refractivity contribution in [2.24, 2.45) is 0 Å². The molecule has 1 unspecified atom stereocenters. The molecule has 0 spiro atoms. The van der Waals surface area contributed by atoms with E-state index >= 15 is 0 Å². The molecule has 2 heterocycles. The first-order valence-electron chi connectivity index (χ1n) is 6.47. The van der Waals surface area contributed by atoms with Gasteiger partial charge in [0, 0.05) is 9.75 Å². The van der Waals surface area contributed by atoms with E-state index in [4.69, 9.17) is 5.73 Å². The summed E-state index contributed by atoms with van der Waals surface area (Å²) in [7, 11) is 0. The van der Waals surface area contributed by atoms with E-state index in [9.17, 15) is 4.39 Å². The topological polar surface area (TPSA) is 43.8 Å². The third-order valence-corrected chi connectivity index (χ3v) is 4.58. The van der Waals surface area contributed by atoms with Crippen molar-refractivity contribution >= 4 is 28.3 Å². The first kappa shape index (κ1) is 13.1. The van der Waals surface area contributed by atoms with E-state index in [1.807, 2.05) is 4.57 Å². The van der Waals surface area contributed by atoms with Gasteiger partial charge in [0.25, 0.3) is 0 Å². The number of imidazole rings is 1. The molecule has 2 aromatic heterocycles. The Labute approximate surface area is 120 Å². The number of nitrogens with zero attached hydrogens (tertiary/aromatic N) is 2. The zero-order valence-electron chi connectivity index (χ0n) is 11.6. The number of nitrogen functional groups attached to an aromatic ring is 1. The summed E-state index contributed by atoms with van der Waals surface area (Å²) < 4.78 is 15.4. The van der Waals surface area contributed by atoms with Crippen molar-refractivity contribution in [2.45, 2.75) is 26.8 Å². The Kier molecular flexibility index (Phi) is 3.01. The maximum Gasteiger partial charge on any atom is 0.201 e. The fourth-order valence-electron chi connectivity index (χ4n) is 2.70. The number of rotatable bonds is 2. The molecule has 104 valence electrons. The number of hydrogen-bond donors (Lipinski definition) is 1. The summed E-state index contributed by atoms with van der Waals surface area (Å²) in [5.41, 5.74) is 8.70. The molecule has 3 nitrogen and oxygen atoms in total. The second kappa shape index (κ2) is 4.59. The molecule has 0 fully saturated rings. The molecule has 0 radical (unpaired) electrons. The minimum Gasteiger partial charge on any atom is -0.369 e. The van der Waals surface area contributed by atoms with Crippen LogP contribution >= 0.6 is 11.3 Å². The monoisotopic (exact) mass is 289 g/mol. The number of hydrogen-bond acceptors (Lipinski definition) is 3. The molecule has 1 aromatic carbocycles. The number of fused-ring (bicyclic) bond motifs is 1. The highest BCUT2D eigenvalue weighted by molar-refractivity contribution is 7.12. The average Bonchev–Trinajstić information content (AvgIpc) is 2.87. The smallest absolute Gasteiger partial charge is 0.201 e. The van der Waals surface area contributed by atoms with Crippen LogP contribution in [0.5, 0.6) is 0 Å². The van der Waals surface area contributed by atoms with Crippen molar-refractivity contribution in [3.05, 3.63) is 45.4 Å². The molecule has 5 heteroatoms. The molecule has 0 aliphatic heterocycles. The van der Waals surface area contributed by atoms with E-state index in [2.05, 4.69) is 31.8 Å². The zero-order chi connectivity index (χ0) is 14.4. The Morgan fingerprint density at radius 3 is 2.70 bits per heavy atom. The van der Waals surface area contributed by atoms with E-state index in [-0.39, 0.29) is 11.9 Å². The molecule has 1 atom stereocenters. The van der Waals surface area contributed by atoms with Gasteiger partial charge in [0.15, 0.2) is 0 Å². The fraction of sp³-hybridized carbons (Fsp3) is 0.267. The number of anilines is 1. The molecule has 0 aliphatic carbocycles. The zero-order valence-corrected chi connectivity index (χ0v) is 12.5. The highest BCUT2D eigenvalue weighted by Crippen LogP contribution is 2.32. The van der Waals surface area contributed by atoms with Crippen LogP contribution < -0.4 is 5.73 Å². The summed E-state index contributed by atoms with van der Waals surface area (Å²) in [6.07, 6.45) is 0. The summed E-state index contributed by atoms with van der Waals surface area (Å²) >= 11 is 1.76. The van der Waals surface area contributed by atoms with Crippen molar-refractivity contribution in [2.75, 3.05) is 5.73 Å². The van der Waals surface area contributed by atoms with Crippen molar-refractivity contribution in [3.63, 3.8) is 0 Å². The number of aryl methyl sites for hydroxylation is 2. The Bertz CT molecular complexity index is 788. The predicted octanol–water partition coefficient (Wildman–Crippen LogP) is 4.05. The van der Waals surface area contributed by atoms with Crippen LogP contribution in [-0.2, 0) is 0 Å². The van der Waals surface area contributed by atoms with Crippen LogP contribution in [0.2, 0.25) is 0 Å². The van der Waals surface area contributed by atoms with Gasteiger partial charge in [-0.1, -0.05) is 0 Å². The highest BCUT2D eigenvalue weighted by atomic mass is 32.1. The van der Waals surface area contributed by atoms with Gasteiger partial charge in [-0.25, -0.2) is 9.37 Å². The lowest BCUT2D eigenvalue weighted by molar-refractivity contribution is 0.625. The maximum atomic E-state index is 13.5. The molecule has 3 rings (SSSR count). The summed E-state index contributed by atoms with van der Waals surface area (Å²) in [5, 5.41) is 0.